The van der Waals surface area contributed by atoms with Crippen molar-refractivity contribution in [2.75, 3.05) is 17.7 Å². The molecule has 8 heteroatoms. The molecular weight excluding hydrogens is 332 g/mol. The van der Waals surface area contributed by atoms with Gasteiger partial charge in [0, 0.05) is 17.2 Å². The maximum absolute atomic E-state index is 12.4. The third kappa shape index (κ3) is 2.65. The van der Waals surface area contributed by atoms with E-state index in [9.17, 15) is 10.1 Å². The molecule has 0 spiro atoms. The zero-order valence-corrected chi connectivity index (χ0v) is 13.9. The van der Waals surface area contributed by atoms with Crippen LogP contribution in [0.5, 0.6) is 0 Å². The number of aromatic nitrogens is 2. The quantitative estimate of drug-likeness (QED) is 0.924. The monoisotopic (exact) mass is 346 g/mol. The second-order valence-electron chi connectivity index (χ2n) is 5.38. The molecule has 0 saturated heterocycles. The number of thiophene rings is 1. The maximum atomic E-state index is 12.4. The van der Waals surface area contributed by atoms with E-state index >= 15 is 0 Å². The summed E-state index contributed by atoms with van der Waals surface area (Å²) in [5.74, 6) is 1.11. The van der Waals surface area contributed by atoms with Gasteiger partial charge in [-0.25, -0.2) is 4.98 Å². The van der Waals surface area contributed by atoms with E-state index in [2.05, 4.69) is 22.4 Å². The SMILES string of the molecule is N#Cc1c(NC(=O)CC2OCCc3ccsc32)nc2n1CCS2. The van der Waals surface area contributed by atoms with Crippen LogP contribution in [0.1, 0.15) is 28.7 Å². The number of nitrogens with one attached hydrogen (secondary N) is 1. The number of ether oxygens (including phenoxy) is 1. The fraction of sp³-hybridized carbons (Fsp3) is 0.400. The van der Waals surface area contributed by atoms with Crippen molar-refractivity contribution < 1.29 is 9.53 Å². The van der Waals surface area contributed by atoms with Gasteiger partial charge in [-0.1, -0.05) is 11.8 Å². The first-order chi connectivity index (χ1) is 11.3. The fourth-order valence-corrected chi connectivity index (χ4v) is 4.86. The molecule has 0 aromatic carbocycles. The largest absolute Gasteiger partial charge is 0.372 e. The van der Waals surface area contributed by atoms with Gasteiger partial charge in [-0.05, 0) is 23.4 Å². The van der Waals surface area contributed by atoms with Gasteiger partial charge < -0.3 is 14.6 Å². The first-order valence-electron chi connectivity index (χ1n) is 7.37. The molecule has 6 nitrogen and oxygen atoms in total. The van der Waals surface area contributed by atoms with Crippen molar-refractivity contribution >= 4 is 34.8 Å². The number of amides is 1. The molecule has 23 heavy (non-hydrogen) atoms. The number of imidazole rings is 1. The van der Waals surface area contributed by atoms with Crippen molar-refractivity contribution in [2.24, 2.45) is 0 Å². The Kier molecular flexibility index (Phi) is 3.85. The molecule has 2 aromatic heterocycles. The molecule has 0 bridgehead atoms. The number of carbonyl (C=O) groups is 1. The molecule has 118 valence electrons. The Labute approximate surface area is 141 Å². The second kappa shape index (κ2) is 6.00. The van der Waals surface area contributed by atoms with Crippen LogP contribution in [0.25, 0.3) is 0 Å². The minimum Gasteiger partial charge on any atom is -0.372 e. The predicted octanol–water partition coefficient (Wildman–Crippen LogP) is 2.56. The number of thioether (sulfide) groups is 1. The topological polar surface area (TPSA) is 79.9 Å². The number of hydrogen-bond acceptors (Lipinski definition) is 6. The highest BCUT2D eigenvalue weighted by Gasteiger charge is 2.27. The number of nitriles is 1. The van der Waals surface area contributed by atoms with Crippen LogP contribution in [0.15, 0.2) is 16.6 Å². The summed E-state index contributed by atoms with van der Waals surface area (Å²) < 4.78 is 7.60. The van der Waals surface area contributed by atoms with Crippen LogP contribution < -0.4 is 5.32 Å². The average molecular weight is 346 g/mol. The van der Waals surface area contributed by atoms with E-state index in [1.54, 1.807) is 23.1 Å². The number of carbonyl (C=O) groups excluding carboxylic acids is 1. The van der Waals surface area contributed by atoms with Crippen LogP contribution in [-0.2, 0) is 22.5 Å². The van der Waals surface area contributed by atoms with Crippen molar-refractivity contribution in [1.29, 1.82) is 5.26 Å². The zero-order valence-electron chi connectivity index (χ0n) is 12.2. The van der Waals surface area contributed by atoms with Gasteiger partial charge in [-0.15, -0.1) is 11.3 Å². The summed E-state index contributed by atoms with van der Waals surface area (Å²) >= 11 is 3.23. The van der Waals surface area contributed by atoms with E-state index in [0.29, 0.717) is 18.1 Å². The van der Waals surface area contributed by atoms with Crippen LogP contribution in [-0.4, -0.2) is 27.8 Å². The molecule has 1 amide bonds. The molecule has 2 aliphatic heterocycles. The van der Waals surface area contributed by atoms with Crippen LogP contribution in [0.3, 0.4) is 0 Å². The highest BCUT2D eigenvalue weighted by molar-refractivity contribution is 7.99. The lowest BCUT2D eigenvalue weighted by molar-refractivity contribution is -0.119. The summed E-state index contributed by atoms with van der Waals surface area (Å²) in [6.07, 6.45) is 0.946. The third-order valence-corrected chi connectivity index (χ3v) is 5.98. The summed E-state index contributed by atoms with van der Waals surface area (Å²) in [6.45, 7) is 1.40. The lowest BCUT2D eigenvalue weighted by atomic mass is 10.1. The third-order valence-electron chi connectivity index (χ3n) is 3.98. The molecule has 1 N–H and O–H groups in total. The molecule has 1 atom stereocenters. The Morgan fingerprint density at radius 1 is 1.61 bits per heavy atom. The molecule has 0 saturated carbocycles. The molecule has 0 fully saturated rings. The van der Waals surface area contributed by atoms with E-state index in [1.807, 2.05) is 9.95 Å². The lowest BCUT2D eigenvalue weighted by Gasteiger charge is -2.22. The molecule has 0 radical (unpaired) electrons. The van der Waals surface area contributed by atoms with Crippen LogP contribution in [0.4, 0.5) is 5.82 Å². The van der Waals surface area contributed by atoms with Gasteiger partial charge in [0.05, 0.1) is 13.0 Å². The number of anilines is 1. The number of rotatable bonds is 3. The van der Waals surface area contributed by atoms with E-state index < -0.39 is 0 Å². The summed E-state index contributed by atoms with van der Waals surface area (Å²) in [5, 5.41) is 14.9. The van der Waals surface area contributed by atoms with Crippen molar-refractivity contribution in [3.05, 3.63) is 27.6 Å². The Balaban J connectivity index is 1.49. The number of hydrogen-bond donors (Lipinski definition) is 1. The van der Waals surface area contributed by atoms with Crippen molar-refractivity contribution in [2.45, 2.75) is 30.6 Å². The molecule has 0 aliphatic carbocycles. The summed E-state index contributed by atoms with van der Waals surface area (Å²) in [4.78, 5) is 17.9. The number of nitrogens with zero attached hydrogens (tertiary/aromatic N) is 3. The fourth-order valence-electron chi connectivity index (χ4n) is 2.91. The van der Waals surface area contributed by atoms with Crippen LogP contribution in [0.2, 0.25) is 0 Å². The standard InChI is InChI=1S/C15H14N4O2S2/c16-8-10-14(18-15-19(10)3-6-23-15)17-12(20)7-11-13-9(1-4-21-11)2-5-22-13/h2,5,11H,1,3-4,6-7H2,(H,17,20). The first kappa shape index (κ1) is 14.8. The van der Waals surface area contributed by atoms with Crippen molar-refractivity contribution in [1.82, 2.24) is 9.55 Å². The zero-order chi connectivity index (χ0) is 15.8. The Bertz CT molecular complexity index is 805. The highest BCUT2D eigenvalue weighted by atomic mass is 32.2. The van der Waals surface area contributed by atoms with Gasteiger partial charge in [-0.2, -0.15) is 5.26 Å². The molecule has 2 aliphatic rings. The Morgan fingerprint density at radius 2 is 2.52 bits per heavy atom. The highest BCUT2D eigenvalue weighted by Crippen LogP contribution is 2.34. The van der Waals surface area contributed by atoms with Gasteiger partial charge in [0.25, 0.3) is 0 Å². The summed E-state index contributed by atoms with van der Waals surface area (Å²) in [6, 6.07) is 4.24. The van der Waals surface area contributed by atoms with Crippen molar-refractivity contribution in [3.63, 3.8) is 0 Å². The van der Waals surface area contributed by atoms with E-state index in [0.717, 1.165) is 28.8 Å². The molecule has 1 unspecified atom stereocenters. The first-order valence-corrected chi connectivity index (χ1v) is 9.24. The van der Waals surface area contributed by atoms with Crippen LogP contribution >= 0.6 is 23.1 Å². The summed E-state index contributed by atoms with van der Waals surface area (Å²) in [5.41, 5.74) is 1.70. The van der Waals surface area contributed by atoms with Gasteiger partial charge in [-0.3, -0.25) is 4.79 Å². The van der Waals surface area contributed by atoms with Gasteiger partial charge in [0.1, 0.15) is 12.2 Å². The molecule has 4 rings (SSSR count). The minimum absolute atomic E-state index is 0.172. The average Bonchev–Trinajstić information content (AvgIpc) is 3.22. The Hall–Kier alpha value is -1.82. The molecule has 4 heterocycles. The molecular formula is C15H14N4O2S2. The van der Waals surface area contributed by atoms with Crippen molar-refractivity contribution in [3.8, 4) is 6.07 Å². The smallest absolute Gasteiger partial charge is 0.228 e. The summed E-state index contributed by atoms with van der Waals surface area (Å²) in [7, 11) is 0. The maximum Gasteiger partial charge on any atom is 0.228 e. The van der Waals surface area contributed by atoms with Crippen LogP contribution in [0, 0.1) is 11.3 Å². The lowest BCUT2D eigenvalue weighted by Crippen LogP contribution is -2.21. The predicted molar refractivity (Wildman–Crippen MR) is 87.6 cm³/mol. The second-order valence-corrected chi connectivity index (χ2v) is 7.39. The van der Waals surface area contributed by atoms with E-state index in [1.165, 1.54) is 5.56 Å². The minimum atomic E-state index is -0.201. The van der Waals surface area contributed by atoms with E-state index in [-0.39, 0.29) is 18.4 Å². The van der Waals surface area contributed by atoms with Gasteiger partial charge >= 0.3 is 0 Å². The number of fused-ring (bicyclic) bond motifs is 2. The van der Waals surface area contributed by atoms with Gasteiger partial charge in [0.15, 0.2) is 16.7 Å². The Morgan fingerprint density at radius 3 is 3.39 bits per heavy atom. The van der Waals surface area contributed by atoms with E-state index in [4.69, 9.17) is 4.74 Å². The normalized spacial score (nSPS) is 19.0. The van der Waals surface area contributed by atoms with Gasteiger partial charge in [0.2, 0.25) is 5.91 Å². The molecule has 2 aromatic rings.